The Morgan fingerprint density at radius 3 is 2.19 bits per heavy atom. The van der Waals surface area contributed by atoms with Crippen LogP contribution in [0, 0.1) is 0 Å². The van der Waals surface area contributed by atoms with E-state index in [2.05, 4.69) is 12.1 Å². The Morgan fingerprint density at radius 2 is 1.81 bits per heavy atom. The van der Waals surface area contributed by atoms with E-state index in [1.165, 1.54) is 12.5 Å². The van der Waals surface area contributed by atoms with Crippen molar-refractivity contribution in [3.8, 4) is 0 Å². The molecule has 1 rings (SSSR count). The molecule has 1 aromatic carbocycles. The smallest absolute Gasteiger partial charge is 0.332 e. The number of rotatable bonds is 4. The van der Waals surface area contributed by atoms with E-state index >= 15 is 0 Å². The van der Waals surface area contributed by atoms with Gasteiger partial charge in [0.15, 0.2) is 0 Å². The summed E-state index contributed by atoms with van der Waals surface area (Å²) in [5, 5.41) is 24.3. The monoisotopic (exact) mass is 226 g/mol. The lowest BCUT2D eigenvalue weighted by molar-refractivity contribution is -0.145. The van der Waals surface area contributed by atoms with Crippen molar-refractivity contribution in [3.05, 3.63) is 35.9 Å². The molecule has 0 radical (unpaired) electrons. The van der Waals surface area contributed by atoms with E-state index in [4.69, 9.17) is 15.3 Å². The van der Waals surface area contributed by atoms with Crippen LogP contribution in [0.4, 0.5) is 0 Å². The van der Waals surface area contributed by atoms with E-state index < -0.39 is 12.1 Å². The number of hydrogen-bond donors (Lipinski definition) is 3. The molecule has 0 spiro atoms. The summed E-state index contributed by atoms with van der Waals surface area (Å²) in [5.41, 5.74) is 1.30. The summed E-state index contributed by atoms with van der Waals surface area (Å²) >= 11 is 0. The molecule has 1 atom stereocenters. The summed E-state index contributed by atoms with van der Waals surface area (Å²) in [4.78, 5) is 9.45. The highest BCUT2D eigenvalue weighted by Crippen LogP contribution is 2.00. The maximum Gasteiger partial charge on any atom is 0.332 e. The number of benzene rings is 1. The first kappa shape index (κ1) is 14.6. The molecule has 0 bridgehead atoms. The minimum atomic E-state index is -1.23. The third-order valence-corrected chi connectivity index (χ3v) is 1.82. The van der Waals surface area contributed by atoms with Gasteiger partial charge in [0.25, 0.3) is 0 Å². The van der Waals surface area contributed by atoms with Crippen LogP contribution < -0.4 is 0 Å². The van der Waals surface area contributed by atoms with Gasteiger partial charge in [-0.3, -0.25) is 0 Å². The zero-order valence-electron chi connectivity index (χ0n) is 9.34. The molecule has 4 nitrogen and oxygen atoms in total. The summed E-state index contributed by atoms with van der Waals surface area (Å²) < 4.78 is 0. The van der Waals surface area contributed by atoms with Gasteiger partial charge in [-0.25, -0.2) is 4.79 Å². The first-order chi connectivity index (χ1) is 7.57. The van der Waals surface area contributed by atoms with Crippen LogP contribution in [0.5, 0.6) is 0 Å². The fourth-order valence-corrected chi connectivity index (χ4v) is 0.928. The molecule has 0 aliphatic heterocycles. The van der Waals surface area contributed by atoms with Gasteiger partial charge in [0, 0.05) is 6.61 Å². The predicted octanol–water partition coefficient (Wildman–Crippen LogP) is 1.06. The molecule has 0 saturated heterocycles. The number of carbonyl (C=O) groups is 1. The van der Waals surface area contributed by atoms with E-state index in [1.807, 2.05) is 18.2 Å². The summed E-state index contributed by atoms with van der Waals surface area (Å²) in [6.45, 7) is 1.48. The van der Waals surface area contributed by atoms with Crippen molar-refractivity contribution in [1.29, 1.82) is 0 Å². The number of aryl methyl sites for hydroxylation is 1. The summed E-state index contributed by atoms with van der Waals surface area (Å²) in [5.74, 6) is -1.19. The Kier molecular flexibility index (Phi) is 8.11. The molecule has 16 heavy (non-hydrogen) atoms. The minimum absolute atomic E-state index is 0.287. The van der Waals surface area contributed by atoms with Crippen LogP contribution in [0.1, 0.15) is 18.9 Å². The van der Waals surface area contributed by atoms with Gasteiger partial charge in [-0.15, -0.1) is 0 Å². The summed E-state index contributed by atoms with van der Waals surface area (Å²) in [6, 6.07) is 10.2. The molecule has 1 aromatic rings. The molecule has 4 heteroatoms. The number of aliphatic carboxylic acids is 1. The Hall–Kier alpha value is -1.39. The highest BCUT2D eigenvalue weighted by Gasteiger charge is 2.01. The number of aliphatic hydroxyl groups excluding tert-OH is 2. The molecule has 90 valence electrons. The van der Waals surface area contributed by atoms with Crippen molar-refractivity contribution in [2.45, 2.75) is 25.9 Å². The van der Waals surface area contributed by atoms with Crippen molar-refractivity contribution >= 4 is 5.97 Å². The van der Waals surface area contributed by atoms with Crippen molar-refractivity contribution < 1.29 is 20.1 Å². The molecule has 0 fully saturated rings. The largest absolute Gasteiger partial charge is 0.479 e. The maximum absolute atomic E-state index is 9.45. The maximum atomic E-state index is 9.45. The van der Waals surface area contributed by atoms with Gasteiger partial charge < -0.3 is 15.3 Å². The Labute approximate surface area is 95.2 Å². The standard InChI is InChI=1S/C9H12O.C3H6O3/c10-8-4-7-9-5-2-1-3-6-9;1-2(4)3(5)6/h1-3,5-6,10H,4,7-8H2;2,4H,1H3,(H,5,6). The Morgan fingerprint density at radius 1 is 1.31 bits per heavy atom. The summed E-state index contributed by atoms with van der Waals surface area (Å²) in [6.07, 6.45) is 0.617. The van der Waals surface area contributed by atoms with Crippen molar-refractivity contribution in [3.63, 3.8) is 0 Å². The number of carboxylic acid groups (broad SMARTS) is 1. The van der Waals surface area contributed by atoms with Crippen molar-refractivity contribution in [2.75, 3.05) is 6.61 Å². The Bertz CT molecular complexity index is 282. The van der Waals surface area contributed by atoms with Crippen LogP contribution >= 0.6 is 0 Å². The molecule has 0 heterocycles. The topological polar surface area (TPSA) is 77.8 Å². The van der Waals surface area contributed by atoms with Crippen LogP contribution in [-0.2, 0) is 11.2 Å². The van der Waals surface area contributed by atoms with Crippen LogP contribution in [0.15, 0.2) is 30.3 Å². The van der Waals surface area contributed by atoms with E-state index in [0.717, 1.165) is 12.8 Å². The quantitative estimate of drug-likeness (QED) is 0.717. The average Bonchev–Trinajstić information content (AvgIpc) is 2.28. The van der Waals surface area contributed by atoms with Gasteiger partial charge in [0.05, 0.1) is 0 Å². The lowest BCUT2D eigenvalue weighted by Crippen LogP contribution is -2.13. The number of aliphatic hydroxyl groups is 2. The van der Waals surface area contributed by atoms with Crippen molar-refractivity contribution in [2.24, 2.45) is 0 Å². The number of carboxylic acids is 1. The highest BCUT2D eigenvalue weighted by atomic mass is 16.4. The normalized spacial score (nSPS) is 11.2. The van der Waals surface area contributed by atoms with Crippen LogP contribution in [0.2, 0.25) is 0 Å². The molecule has 0 amide bonds. The second-order valence-electron chi connectivity index (χ2n) is 3.33. The fourth-order valence-electron chi connectivity index (χ4n) is 0.928. The van der Waals surface area contributed by atoms with E-state index in [-0.39, 0.29) is 6.61 Å². The van der Waals surface area contributed by atoms with E-state index in [0.29, 0.717) is 0 Å². The minimum Gasteiger partial charge on any atom is -0.479 e. The van der Waals surface area contributed by atoms with Gasteiger partial charge in [0.2, 0.25) is 0 Å². The fraction of sp³-hybridized carbons (Fsp3) is 0.417. The van der Waals surface area contributed by atoms with E-state index in [9.17, 15) is 4.79 Å². The van der Waals surface area contributed by atoms with Gasteiger partial charge in [-0.2, -0.15) is 0 Å². The SMILES string of the molecule is CC(O)C(=O)O.OCCCc1ccccc1. The predicted molar refractivity (Wildman–Crippen MR) is 61.2 cm³/mol. The third kappa shape index (κ3) is 7.96. The molecular weight excluding hydrogens is 208 g/mol. The first-order valence-electron chi connectivity index (χ1n) is 5.13. The molecule has 0 aliphatic rings. The lowest BCUT2D eigenvalue weighted by Gasteiger charge is -1.96. The van der Waals surface area contributed by atoms with Crippen LogP contribution in [0.25, 0.3) is 0 Å². The van der Waals surface area contributed by atoms with Crippen LogP contribution in [0.3, 0.4) is 0 Å². The zero-order valence-corrected chi connectivity index (χ0v) is 9.34. The third-order valence-electron chi connectivity index (χ3n) is 1.82. The second kappa shape index (κ2) is 8.88. The molecule has 0 aliphatic carbocycles. The van der Waals surface area contributed by atoms with E-state index in [1.54, 1.807) is 0 Å². The molecule has 0 aromatic heterocycles. The van der Waals surface area contributed by atoms with Gasteiger partial charge >= 0.3 is 5.97 Å². The van der Waals surface area contributed by atoms with Gasteiger partial charge in [-0.05, 0) is 25.3 Å². The first-order valence-corrected chi connectivity index (χ1v) is 5.13. The number of hydrogen-bond acceptors (Lipinski definition) is 3. The second-order valence-corrected chi connectivity index (χ2v) is 3.33. The molecular formula is C12H18O4. The van der Waals surface area contributed by atoms with Gasteiger partial charge in [-0.1, -0.05) is 30.3 Å². The molecule has 3 N–H and O–H groups in total. The lowest BCUT2D eigenvalue weighted by atomic mass is 10.1. The molecule has 1 unspecified atom stereocenters. The molecule has 0 saturated carbocycles. The summed E-state index contributed by atoms with van der Waals surface area (Å²) in [7, 11) is 0. The highest BCUT2D eigenvalue weighted by molar-refractivity contribution is 5.71. The zero-order chi connectivity index (χ0) is 12.4. The average molecular weight is 226 g/mol. The van der Waals surface area contributed by atoms with Crippen molar-refractivity contribution in [1.82, 2.24) is 0 Å². The van der Waals surface area contributed by atoms with Crippen LogP contribution in [-0.4, -0.2) is 34.0 Å². The Balaban J connectivity index is 0.000000325. The van der Waals surface area contributed by atoms with Gasteiger partial charge in [0.1, 0.15) is 6.10 Å².